The lowest BCUT2D eigenvalue weighted by atomic mass is 10.0. The Kier molecular flexibility index (Phi) is 4.90. The molecule has 0 bridgehead atoms. The van der Waals surface area contributed by atoms with Gasteiger partial charge in [-0.05, 0) is 30.8 Å². The highest BCUT2D eigenvalue weighted by atomic mass is 19.1. The third-order valence-electron chi connectivity index (χ3n) is 3.29. The third-order valence-corrected chi connectivity index (χ3v) is 3.29. The fourth-order valence-electron chi connectivity index (χ4n) is 2.22. The Morgan fingerprint density at radius 3 is 2.35 bits per heavy atom. The van der Waals surface area contributed by atoms with Gasteiger partial charge in [0.05, 0.1) is 6.04 Å². The molecule has 0 fully saturated rings. The van der Waals surface area contributed by atoms with E-state index in [9.17, 15) is 8.78 Å². The standard InChI is InChI=1S/C16H19F2NO/c1-3-11-8-9-16(20-11)15(19-4-2)10-12-13(17)6-5-7-14(12)18/h5-9,15,19H,3-4,10H2,1-2H3. The summed E-state index contributed by atoms with van der Waals surface area (Å²) in [4.78, 5) is 0. The zero-order valence-corrected chi connectivity index (χ0v) is 11.7. The largest absolute Gasteiger partial charge is 0.464 e. The summed E-state index contributed by atoms with van der Waals surface area (Å²) >= 11 is 0. The van der Waals surface area contributed by atoms with E-state index in [-0.39, 0.29) is 18.0 Å². The molecular weight excluding hydrogens is 260 g/mol. The minimum Gasteiger partial charge on any atom is -0.464 e. The lowest BCUT2D eigenvalue weighted by molar-refractivity contribution is 0.390. The van der Waals surface area contributed by atoms with Crippen LogP contribution in [-0.2, 0) is 12.8 Å². The topological polar surface area (TPSA) is 25.2 Å². The van der Waals surface area contributed by atoms with E-state index in [4.69, 9.17) is 4.42 Å². The van der Waals surface area contributed by atoms with Crippen molar-refractivity contribution in [3.8, 4) is 0 Å². The first-order chi connectivity index (χ1) is 9.65. The zero-order chi connectivity index (χ0) is 14.5. The van der Waals surface area contributed by atoms with Gasteiger partial charge >= 0.3 is 0 Å². The Bertz CT molecular complexity index is 545. The highest BCUT2D eigenvalue weighted by molar-refractivity contribution is 5.23. The number of hydrogen-bond acceptors (Lipinski definition) is 2. The molecule has 1 aromatic carbocycles. The summed E-state index contributed by atoms with van der Waals surface area (Å²) in [6.45, 7) is 4.65. The quantitative estimate of drug-likeness (QED) is 0.864. The SMILES string of the molecule is CCNC(Cc1c(F)cccc1F)c1ccc(CC)o1. The summed E-state index contributed by atoms with van der Waals surface area (Å²) in [6.07, 6.45) is 1.02. The Balaban J connectivity index is 2.25. The summed E-state index contributed by atoms with van der Waals surface area (Å²) < 4.78 is 33.2. The molecule has 0 amide bonds. The summed E-state index contributed by atoms with van der Waals surface area (Å²) in [7, 11) is 0. The molecule has 0 aliphatic heterocycles. The maximum absolute atomic E-state index is 13.7. The van der Waals surface area contributed by atoms with Crippen LogP contribution in [-0.4, -0.2) is 6.54 Å². The van der Waals surface area contributed by atoms with Crippen LogP contribution in [0.2, 0.25) is 0 Å². The van der Waals surface area contributed by atoms with Gasteiger partial charge in [0.15, 0.2) is 0 Å². The molecule has 1 unspecified atom stereocenters. The van der Waals surface area contributed by atoms with Gasteiger partial charge in [-0.15, -0.1) is 0 Å². The second kappa shape index (κ2) is 6.66. The molecule has 1 N–H and O–H groups in total. The van der Waals surface area contributed by atoms with Gasteiger partial charge in [0.2, 0.25) is 0 Å². The van der Waals surface area contributed by atoms with Crippen molar-refractivity contribution in [1.82, 2.24) is 5.32 Å². The van der Waals surface area contributed by atoms with Crippen molar-refractivity contribution in [3.63, 3.8) is 0 Å². The third kappa shape index (κ3) is 3.25. The van der Waals surface area contributed by atoms with Crippen LogP contribution in [0.4, 0.5) is 8.78 Å². The van der Waals surface area contributed by atoms with Crippen molar-refractivity contribution in [2.24, 2.45) is 0 Å². The summed E-state index contributed by atoms with van der Waals surface area (Å²) in [5, 5.41) is 3.21. The first-order valence-corrected chi connectivity index (χ1v) is 6.90. The number of hydrogen-bond donors (Lipinski definition) is 1. The molecule has 0 spiro atoms. The Labute approximate surface area is 117 Å². The van der Waals surface area contributed by atoms with E-state index < -0.39 is 11.6 Å². The highest BCUT2D eigenvalue weighted by Crippen LogP contribution is 2.24. The average Bonchev–Trinajstić information content (AvgIpc) is 2.90. The maximum atomic E-state index is 13.7. The first kappa shape index (κ1) is 14.7. The smallest absolute Gasteiger partial charge is 0.129 e. The number of benzene rings is 1. The highest BCUT2D eigenvalue weighted by Gasteiger charge is 2.19. The van der Waals surface area contributed by atoms with Gasteiger partial charge in [0, 0.05) is 18.4 Å². The summed E-state index contributed by atoms with van der Waals surface area (Å²) in [6, 6.07) is 7.47. The molecule has 0 saturated heterocycles. The minimum absolute atomic E-state index is 0.0906. The van der Waals surface area contributed by atoms with E-state index in [0.29, 0.717) is 12.3 Å². The monoisotopic (exact) mass is 279 g/mol. The van der Waals surface area contributed by atoms with Crippen LogP contribution < -0.4 is 5.32 Å². The Morgan fingerprint density at radius 2 is 1.80 bits per heavy atom. The van der Waals surface area contributed by atoms with Crippen molar-refractivity contribution in [1.29, 1.82) is 0 Å². The van der Waals surface area contributed by atoms with E-state index in [0.717, 1.165) is 12.2 Å². The molecule has 2 aromatic rings. The lowest BCUT2D eigenvalue weighted by Gasteiger charge is -2.16. The zero-order valence-electron chi connectivity index (χ0n) is 11.7. The molecule has 0 radical (unpaired) electrons. The molecule has 1 aromatic heterocycles. The van der Waals surface area contributed by atoms with Crippen LogP contribution in [0.15, 0.2) is 34.7 Å². The van der Waals surface area contributed by atoms with Crippen molar-refractivity contribution in [3.05, 3.63) is 59.1 Å². The molecule has 0 aliphatic rings. The van der Waals surface area contributed by atoms with Crippen LogP contribution >= 0.6 is 0 Å². The van der Waals surface area contributed by atoms with Crippen molar-refractivity contribution in [2.75, 3.05) is 6.54 Å². The van der Waals surface area contributed by atoms with Gasteiger partial charge in [-0.3, -0.25) is 0 Å². The van der Waals surface area contributed by atoms with E-state index >= 15 is 0 Å². The molecule has 2 nitrogen and oxygen atoms in total. The van der Waals surface area contributed by atoms with Gasteiger partial charge < -0.3 is 9.73 Å². The average molecular weight is 279 g/mol. The Hall–Kier alpha value is -1.68. The molecular formula is C16H19F2NO. The van der Waals surface area contributed by atoms with Gasteiger partial charge in [0.1, 0.15) is 23.2 Å². The fraction of sp³-hybridized carbons (Fsp3) is 0.375. The van der Waals surface area contributed by atoms with Crippen molar-refractivity contribution < 1.29 is 13.2 Å². The summed E-state index contributed by atoms with van der Waals surface area (Å²) in [5.74, 6) is 0.550. The molecule has 20 heavy (non-hydrogen) atoms. The van der Waals surface area contributed by atoms with Gasteiger partial charge in [-0.25, -0.2) is 8.78 Å². The lowest BCUT2D eigenvalue weighted by Crippen LogP contribution is -2.23. The minimum atomic E-state index is -0.518. The number of nitrogens with one attached hydrogen (secondary N) is 1. The van der Waals surface area contributed by atoms with E-state index in [1.807, 2.05) is 26.0 Å². The second-order valence-corrected chi connectivity index (χ2v) is 4.67. The van der Waals surface area contributed by atoms with Crippen molar-refractivity contribution in [2.45, 2.75) is 32.7 Å². The van der Waals surface area contributed by atoms with Crippen LogP contribution in [0.1, 0.15) is 37.0 Å². The maximum Gasteiger partial charge on any atom is 0.129 e. The van der Waals surface area contributed by atoms with Gasteiger partial charge in [-0.2, -0.15) is 0 Å². The van der Waals surface area contributed by atoms with Gasteiger partial charge in [0.25, 0.3) is 0 Å². The van der Waals surface area contributed by atoms with E-state index in [1.165, 1.54) is 18.2 Å². The molecule has 4 heteroatoms. The van der Waals surface area contributed by atoms with Crippen LogP contribution in [0.25, 0.3) is 0 Å². The predicted octanol–water partition coefficient (Wildman–Crippen LogP) is 4.01. The normalized spacial score (nSPS) is 12.6. The molecule has 0 saturated carbocycles. The molecule has 0 aliphatic carbocycles. The second-order valence-electron chi connectivity index (χ2n) is 4.67. The van der Waals surface area contributed by atoms with E-state index in [1.54, 1.807) is 0 Å². The van der Waals surface area contributed by atoms with Crippen LogP contribution in [0.5, 0.6) is 0 Å². The molecule has 2 rings (SSSR count). The van der Waals surface area contributed by atoms with Crippen LogP contribution in [0.3, 0.4) is 0 Å². The first-order valence-electron chi connectivity index (χ1n) is 6.90. The van der Waals surface area contributed by atoms with Crippen molar-refractivity contribution >= 4 is 0 Å². The van der Waals surface area contributed by atoms with E-state index in [2.05, 4.69) is 5.32 Å². The van der Waals surface area contributed by atoms with Crippen LogP contribution in [0, 0.1) is 11.6 Å². The number of halogens is 2. The molecule has 108 valence electrons. The number of rotatable bonds is 6. The summed E-state index contributed by atoms with van der Waals surface area (Å²) in [5.41, 5.74) is 0.0906. The predicted molar refractivity (Wildman–Crippen MR) is 74.6 cm³/mol. The molecule has 1 heterocycles. The fourth-order valence-corrected chi connectivity index (χ4v) is 2.22. The number of aryl methyl sites for hydroxylation is 1. The van der Waals surface area contributed by atoms with Gasteiger partial charge in [-0.1, -0.05) is 19.9 Å². The number of furan rings is 1. The Morgan fingerprint density at radius 1 is 1.10 bits per heavy atom. The molecule has 1 atom stereocenters. The number of likely N-dealkylation sites (N-methyl/N-ethyl adjacent to an activating group) is 1.